The minimum atomic E-state index is -1.27. The maximum atomic E-state index is 12.4. The van der Waals surface area contributed by atoms with Crippen molar-refractivity contribution in [3.8, 4) is 0 Å². The van der Waals surface area contributed by atoms with Gasteiger partial charge in [-0.1, -0.05) is 42.5 Å². The van der Waals surface area contributed by atoms with E-state index in [2.05, 4.69) is 5.32 Å². The molecule has 24 heavy (non-hydrogen) atoms. The van der Waals surface area contributed by atoms with Crippen LogP contribution in [-0.4, -0.2) is 27.4 Å². The number of carboxylic acid groups (broad SMARTS) is 1. The van der Waals surface area contributed by atoms with Crippen LogP contribution in [0, 0.1) is 0 Å². The average Bonchev–Trinajstić information content (AvgIpc) is 2.84. The number of amides is 2. The summed E-state index contributed by atoms with van der Waals surface area (Å²) < 4.78 is 0. The van der Waals surface area contributed by atoms with Crippen LogP contribution in [0.25, 0.3) is 0 Å². The van der Waals surface area contributed by atoms with Crippen LogP contribution in [-0.2, 0) is 11.3 Å². The number of thioether (sulfide) groups is 1. The summed E-state index contributed by atoms with van der Waals surface area (Å²) in [4.78, 5) is 36.4. The minimum absolute atomic E-state index is 0.0517. The van der Waals surface area contributed by atoms with Crippen LogP contribution in [0.4, 0.5) is 10.5 Å². The number of carbonyl (C=O) groups is 3. The monoisotopic (exact) mass is 341 g/mol. The largest absolute Gasteiger partial charge is 0.545 e. The molecular weight excluding hydrogens is 328 g/mol. The van der Waals surface area contributed by atoms with Crippen molar-refractivity contribution in [2.75, 3.05) is 5.32 Å². The lowest BCUT2D eigenvalue weighted by Crippen LogP contribution is -2.33. The number of carbonyl (C=O) groups excluding carboxylic acids is 3. The summed E-state index contributed by atoms with van der Waals surface area (Å²) in [6.07, 6.45) is 0. The van der Waals surface area contributed by atoms with Crippen LogP contribution in [0.1, 0.15) is 15.9 Å². The normalized spacial score (nSPS) is 17.2. The van der Waals surface area contributed by atoms with E-state index in [9.17, 15) is 19.5 Å². The average molecular weight is 341 g/mol. The Morgan fingerprint density at radius 2 is 1.75 bits per heavy atom. The van der Waals surface area contributed by atoms with Gasteiger partial charge in [-0.15, -0.1) is 0 Å². The number of hydrogen-bond donors (Lipinski definition) is 1. The highest BCUT2D eigenvalue weighted by Crippen LogP contribution is 2.29. The van der Waals surface area contributed by atoms with Crippen LogP contribution in [0.5, 0.6) is 0 Å². The van der Waals surface area contributed by atoms with Crippen LogP contribution >= 0.6 is 11.8 Å². The molecule has 0 aliphatic carbocycles. The summed E-state index contributed by atoms with van der Waals surface area (Å²) in [5.74, 6) is -1.59. The summed E-state index contributed by atoms with van der Waals surface area (Å²) in [6, 6.07) is 15.1. The predicted octanol–water partition coefficient (Wildman–Crippen LogP) is 1.68. The molecule has 2 aromatic rings. The van der Waals surface area contributed by atoms with Crippen molar-refractivity contribution in [1.82, 2.24) is 4.90 Å². The molecule has 1 atom stereocenters. The molecule has 1 aliphatic rings. The first-order valence-electron chi connectivity index (χ1n) is 7.18. The van der Waals surface area contributed by atoms with Gasteiger partial charge in [0.2, 0.25) is 0 Å². The molecule has 7 heteroatoms. The van der Waals surface area contributed by atoms with Crippen molar-refractivity contribution in [3.05, 3.63) is 65.7 Å². The van der Waals surface area contributed by atoms with Crippen molar-refractivity contribution in [2.24, 2.45) is 0 Å². The van der Waals surface area contributed by atoms with Crippen molar-refractivity contribution >= 4 is 34.6 Å². The van der Waals surface area contributed by atoms with E-state index in [1.807, 2.05) is 30.3 Å². The lowest BCUT2D eigenvalue weighted by atomic mass is 10.1. The third-order valence-corrected chi connectivity index (χ3v) is 4.51. The molecule has 1 N–H and O–H groups in total. The molecular formula is C17H13N2O4S-. The van der Waals surface area contributed by atoms with Gasteiger partial charge in [0.15, 0.2) is 5.37 Å². The van der Waals surface area contributed by atoms with Gasteiger partial charge in [0.05, 0.1) is 12.5 Å². The fourth-order valence-corrected chi connectivity index (χ4v) is 3.20. The maximum absolute atomic E-state index is 12.4. The van der Waals surface area contributed by atoms with Gasteiger partial charge in [0.25, 0.3) is 11.1 Å². The number of para-hydroxylation sites is 1. The number of nitrogens with zero attached hydrogens (tertiary/aromatic N) is 1. The molecule has 0 aromatic heterocycles. The molecule has 1 aliphatic heterocycles. The molecule has 1 heterocycles. The van der Waals surface area contributed by atoms with Crippen molar-refractivity contribution in [2.45, 2.75) is 11.9 Å². The molecule has 1 fully saturated rings. The Morgan fingerprint density at radius 1 is 1.08 bits per heavy atom. The Kier molecular flexibility index (Phi) is 4.52. The first-order valence-corrected chi connectivity index (χ1v) is 8.06. The quantitative estimate of drug-likeness (QED) is 0.890. The fraction of sp³-hybridized carbons (Fsp3) is 0.118. The van der Waals surface area contributed by atoms with Gasteiger partial charge >= 0.3 is 0 Å². The van der Waals surface area contributed by atoms with E-state index < -0.39 is 11.3 Å². The van der Waals surface area contributed by atoms with Gasteiger partial charge in [0.1, 0.15) is 0 Å². The molecule has 0 bridgehead atoms. The molecule has 6 nitrogen and oxygen atoms in total. The van der Waals surface area contributed by atoms with Crippen LogP contribution in [0.2, 0.25) is 0 Å². The molecule has 122 valence electrons. The number of aromatic carboxylic acids is 1. The lowest BCUT2D eigenvalue weighted by molar-refractivity contribution is -0.255. The second-order valence-corrected chi connectivity index (χ2v) is 6.24. The maximum Gasteiger partial charge on any atom is 0.291 e. The van der Waals surface area contributed by atoms with Gasteiger partial charge in [-0.05, 0) is 35.0 Å². The van der Waals surface area contributed by atoms with Crippen LogP contribution in [0.3, 0.4) is 0 Å². The highest BCUT2D eigenvalue weighted by molar-refractivity contribution is 8.15. The zero-order chi connectivity index (χ0) is 17.1. The molecule has 0 saturated carbocycles. The van der Waals surface area contributed by atoms with Gasteiger partial charge < -0.3 is 15.2 Å². The summed E-state index contributed by atoms with van der Waals surface area (Å²) in [6.45, 7) is 0.102. The second kappa shape index (κ2) is 6.76. The Labute approximate surface area is 142 Å². The number of anilines is 1. The predicted molar refractivity (Wildman–Crippen MR) is 88.2 cm³/mol. The zero-order valence-electron chi connectivity index (χ0n) is 12.5. The fourth-order valence-electron chi connectivity index (χ4n) is 2.29. The van der Waals surface area contributed by atoms with E-state index in [0.29, 0.717) is 5.56 Å². The number of hydrogen-bond acceptors (Lipinski definition) is 6. The Bertz CT molecular complexity index is 777. The van der Waals surface area contributed by atoms with E-state index in [1.165, 1.54) is 12.1 Å². The minimum Gasteiger partial charge on any atom is -0.545 e. The number of imide groups is 1. The van der Waals surface area contributed by atoms with E-state index in [-0.39, 0.29) is 23.3 Å². The summed E-state index contributed by atoms with van der Waals surface area (Å²) in [5, 5.41) is 12.8. The lowest BCUT2D eigenvalue weighted by Gasteiger charge is -2.15. The highest BCUT2D eigenvalue weighted by atomic mass is 32.2. The number of benzene rings is 2. The highest BCUT2D eigenvalue weighted by Gasteiger charge is 2.39. The Hall–Kier alpha value is -2.80. The SMILES string of the molecule is O=C([O-])c1ccc(CN2C(=O)S[C@H](Nc3ccccc3)C2=O)cc1. The first-order chi connectivity index (χ1) is 11.5. The van der Waals surface area contributed by atoms with Gasteiger partial charge in [-0.2, -0.15) is 0 Å². The van der Waals surface area contributed by atoms with E-state index >= 15 is 0 Å². The summed E-state index contributed by atoms with van der Waals surface area (Å²) >= 11 is 0.926. The van der Waals surface area contributed by atoms with E-state index in [4.69, 9.17) is 0 Å². The smallest absolute Gasteiger partial charge is 0.291 e. The van der Waals surface area contributed by atoms with E-state index in [1.54, 1.807) is 12.1 Å². The number of nitrogens with one attached hydrogen (secondary N) is 1. The standard InChI is InChI=1S/C17H14N2O4S/c20-15-14(18-13-4-2-1-3-5-13)24-17(23)19(15)10-11-6-8-12(9-7-11)16(21)22/h1-9,14,18H,10H2,(H,21,22)/p-1/t14-/m0/s1. The van der Waals surface area contributed by atoms with E-state index in [0.717, 1.165) is 22.3 Å². The second-order valence-electron chi connectivity index (χ2n) is 5.18. The first kappa shape index (κ1) is 16.1. The number of carboxylic acids is 1. The van der Waals surface area contributed by atoms with Crippen molar-refractivity contribution in [3.63, 3.8) is 0 Å². The Morgan fingerprint density at radius 3 is 2.38 bits per heavy atom. The van der Waals surface area contributed by atoms with Gasteiger partial charge in [-0.3, -0.25) is 14.5 Å². The summed E-state index contributed by atoms with van der Waals surface area (Å²) in [7, 11) is 0. The summed E-state index contributed by atoms with van der Waals surface area (Å²) in [5.41, 5.74) is 1.48. The molecule has 2 aromatic carbocycles. The number of rotatable bonds is 5. The molecule has 3 rings (SSSR count). The molecule has 0 unspecified atom stereocenters. The van der Waals surface area contributed by atoms with Crippen LogP contribution < -0.4 is 10.4 Å². The topological polar surface area (TPSA) is 89.5 Å². The molecule has 2 amide bonds. The zero-order valence-corrected chi connectivity index (χ0v) is 13.3. The molecule has 0 spiro atoms. The third kappa shape index (κ3) is 3.41. The molecule has 0 radical (unpaired) electrons. The van der Waals surface area contributed by atoms with Crippen LogP contribution in [0.15, 0.2) is 54.6 Å². The van der Waals surface area contributed by atoms with Gasteiger partial charge in [0, 0.05) is 5.69 Å². The third-order valence-electron chi connectivity index (χ3n) is 3.53. The van der Waals surface area contributed by atoms with Crippen molar-refractivity contribution in [1.29, 1.82) is 0 Å². The molecule has 1 saturated heterocycles. The van der Waals surface area contributed by atoms with Gasteiger partial charge in [-0.25, -0.2) is 0 Å². The Balaban J connectivity index is 1.69. The van der Waals surface area contributed by atoms with Crippen molar-refractivity contribution < 1.29 is 19.5 Å².